The van der Waals surface area contributed by atoms with Crippen LogP contribution >= 0.6 is 15.9 Å². The standard InChI is InChI=1S/C12H9BrN/c13-11-8-4-5-9-12(11)14-10-6-2-1-3-7-10/h2-9,14H. The van der Waals surface area contributed by atoms with Gasteiger partial charge in [0.1, 0.15) is 0 Å². The van der Waals surface area contributed by atoms with Crippen molar-refractivity contribution in [3.05, 3.63) is 59.1 Å². The van der Waals surface area contributed by atoms with E-state index in [0.717, 1.165) is 15.8 Å². The fourth-order valence-electron chi connectivity index (χ4n) is 1.19. The van der Waals surface area contributed by atoms with Gasteiger partial charge in [-0.1, -0.05) is 24.3 Å². The molecule has 0 aliphatic carbocycles. The Morgan fingerprint density at radius 3 is 2.43 bits per heavy atom. The Bertz CT molecular complexity index is 412. The van der Waals surface area contributed by atoms with E-state index in [2.05, 4.69) is 27.3 Å². The molecule has 0 saturated heterocycles. The molecule has 1 radical (unpaired) electrons. The molecule has 2 heteroatoms. The number of nitrogens with one attached hydrogen (secondary N) is 1. The number of anilines is 2. The molecule has 0 aromatic heterocycles. The first-order chi connectivity index (χ1) is 6.86. The SMILES string of the molecule is Brc1ccccc1Nc1cc[c]cc1. The van der Waals surface area contributed by atoms with Gasteiger partial charge < -0.3 is 5.32 Å². The van der Waals surface area contributed by atoms with E-state index in [-0.39, 0.29) is 0 Å². The Kier molecular flexibility index (Phi) is 2.84. The number of rotatable bonds is 2. The van der Waals surface area contributed by atoms with E-state index in [0.29, 0.717) is 0 Å². The third-order valence-electron chi connectivity index (χ3n) is 1.87. The van der Waals surface area contributed by atoms with E-state index < -0.39 is 0 Å². The van der Waals surface area contributed by atoms with Crippen molar-refractivity contribution in [3.63, 3.8) is 0 Å². The van der Waals surface area contributed by atoms with E-state index in [1.54, 1.807) is 0 Å². The first-order valence-corrected chi connectivity index (χ1v) is 5.13. The molecule has 0 spiro atoms. The Morgan fingerprint density at radius 2 is 1.71 bits per heavy atom. The van der Waals surface area contributed by atoms with Crippen LogP contribution in [0.15, 0.2) is 53.0 Å². The molecule has 1 N–H and O–H groups in total. The molecular weight excluding hydrogens is 238 g/mol. The van der Waals surface area contributed by atoms with E-state index in [9.17, 15) is 0 Å². The van der Waals surface area contributed by atoms with Crippen molar-refractivity contribution >= 4 is 27.3 Å². The summed E-state index contributed by atoms with van der Waals surface area (Å²) in [5.74, 6) is 0. The maximum atomic E-state index is 3.48. The molecular formula is C12H9BrN. The first kappa shape index (κ1) is 9.28. The quantitative estimate of drug-likeness (QED) is 0.845. The second kappa shape index (κ2) is 4.29. The smallest absolute Gasteiger partial charge is 0.0528 e. The summed E-state index contributed by atoms with van der Waals surface area (Å²) in [6, 6.07) is 18.8. The molecule has 0 bridgehead atoms. The van der Waals surface area contributed by atoms with Gasteiger partial charge in [0, 0.05) is 10.2 Å². The van der Waals surface area contributed by atoms with Gasteiger partial charge in [-0.3, -0.25) is 0 Å². The molecule has 1 nitrogen and oxygen atoms in total. The highest BCUT2D eigenvalue weighted by atomic mass is 79.9. The fraction of sp³-hybridized carbons (Fsp3) is 0. The molecule has 0 aliphatic rings. The van der Waals surface area contributed by atoms with Crippen LogP contribution in [0.5, 0.6) is 0 Å². The summed E-state index contributed by atoms with van der Waals surface area (Å²) >= 11 is 3.48. The van der Waals surface area contributed by atoms with E-state index in [4.69, 9.17) is 0 Å². The fourth-order valence-corrected chi connectivity index (χ4v) is 1.57. The second-order valence-electron chi connectivity index (χ2n) is 2.89. The number of hydrogen-bond donors (Lipinski definition) is 1. The molecule has 0 heterocycles. The molecule has 2 aromatic carbocycles. The van der Waals surface area contributed by atoms with Crippen molar-refractivity contribution in [2.45, 2.75) is 0 Å². The average Bonchev–Trinajstić information content (AvgIpc) is 2.23. The third-order valence-corrected chi connectivity index (χ3v) is 2.56. The summed E-state index contributed by atoms with van der Waals surface area (Å²) in [6.07, 6.45) is 0. The number of para-hydroxylation sites is 1. The summed E-state index contributed by atoms with van der Waals surface area (Å²) < 4.78 is 1.06. The summed E-state index contributed by atoms with van der Waals surface area (Å²) in [4.78, 5) is 0. The van der Waals surface area contributed by atoms with Gasteiger partial charge in [-0.15, -0.1) is 0 Å². The Morgan fingerprint density at radius 1 is 1.00 bits per heavy atom. The van der Waals surface area contributed by atoms with Gasteiger partial charge in [-0.25, -0.2) is 0 Å². The Labute approximate surface area is 91.9 Å². The maximum absolute atomic E-state index is 3.48. The second-order valence-corrected chi connectivity index (χ2v) is 3.75. The van der Waals surface area contributed by atoms with Crippen LogP contribution in [0, 0.1) is 6.07 Å². The molecule has 0 atom stereocenters. The lowest BCUT2D eigenvalue weighted by atomic mass is 10.3. The van der Waals surface area contributed by atoms with E-state index in [1.165, 1.54) is 0 Å². The average molecular weight is 247 g/mol. The van der Waals surface area contributed by atoms with Crippen molar-refractivity contribution in [2.75, 3.05) is 5.32 Å². The van der Waals surface area contributed by atoms with Crippen LogP contribution < -0.4 is 5.32 Å². The van der Waals surface area contributed by atoms with Gasteiger partial charge in [0.25, 0.3) is 0 Å². The molecule has 14 heavy (non-hydrogen) atoms. The van der Waals surface area contributed by atoms with Gasteiger partial charge in [0.15, 0.2) is 0 Å². The topological polar surface area (TPSA) is 12.0 Å². The van der Waals surface area contributed by atoms with Crippen molar-refractivity contribution < 1.29 is 0 Å². The number of benzene rings is 2. The predicted octanol–water partition coefficient (Wildman–Crippen LogP) is 3.99. The van der Waals surface area contributed by atoms with Crippen molar-refractivity contribution in [1.29, 1.82) is 0 Å². The van der Waals surface area contributed by atoms with E-state index >= 15 is 0 Å². The zero-order valence-electron chi connectivity index (χ0n) is 7.50. The van der Waals surface area contributed by atoms with Gasteiger partial charge in [0.05, 0.1) is 5.69 Å². The van der Waals surface area contributed by atoms with Gasteiger partial charge in [-0.2, -0.15) is 0 Å². The van der Waals surface area contributed by atoms with Gasteiger partial charge in [0.2, 0.25) is 0 Å². The van der Waals surface area contributed by atoms with Crippen molar-refractivity contribution in [1.82, 2.24) is 0 Å². The minimum absolute atomic E-state index is 1.06. The van der Waals surface area contributed by atoms with Crippen LogP contribution in [0.4, 0.5) is 11.4 Å². The Balaban J connectivity index is 2.24. The third kappa shape index (κ3) is 2.15. The van der Waals surface area contributed by atoms with Crippen LogP contribution in [0.2, 0.25) is 0 Å². The molecule has 2 aromatic rings. The highest BCUT2D eigenvalue weighted by Gasteiger charge is 1.97. The van der Waals surface area contributed by atoms with Crippen molar-refractivity contribution in [3.8, 4) is 0 Å². The van der Waals surface area contributed by atoms with Gasteiger partial charge >= 0.3 is 0 Å². The lowest BCUT2D eigenvalue weighted by Crippen LogP contribution is -1.89. The summed E-state index contributed by atoms with van der Waals surface area (Å²) in [5, 5.41) is 3.31. The Hall–Kier alpha value is -1.28. The van der Waals surface area contributed by atoms with Crippen LogP contribution in [-0.2, 0) is 0 Å². The van der Waals surface area contributed by atoms with Crippen LogP contribution in [0.25, 0.3) is 0 Å². The molecule has 69 valence electrons. The summed E-state index contributed by atoms with van der Waals surface area (Å²) in [6.45, 7) is 0. The van der Waals surface area contributed by atoms with Gasteiger partial charge in [-0.05, 0) is 46.3 Å². The molecule has 2 rings (SSSR count). The predicted molar refractivity (Wildman–Crippen MR) is 62.7 cm³/mol. The summed E-state index contributed by atoms with van der Waals surface area (Å²) in [5.41, 5.74) is 2.13. The summed E-state index contributed by atoms with van der Waals surface area (Å²) in [7, 11) is 0. The van der Waals surface area contributed by atoms with Crippen molar-refractivity contribution in [2.24, 2.45) is 0 Å². The van der Waals surface area contributed by atoms with E-state index in [1.807, 2.05) is 48.5 Å². The molecule has 0 amide bonds. The highest BCUT2D eigenvalue weighted by molar-refractivity contribution is 9.10. The highest BCUT2D eigenvalue weighted by Crippen LogP contribution is 2.24. The maximum Gasteiger partial charge on any atom is 0.0528 e. The van der Waals surface area contributed by atoms with Crippen LogP contribution in [0.1, 0.15) is 0 Å². The molecule has 0 fully saturated rings. The zero-order valence-corrected chi connectivity index (χ0v) is 9.08. The minimum Gasteiger partial charge on any atom is -0.355 e. The normalized spacial score (nSPS) is 9.79. The monoisotopic (exact) mass is 246 g/mol. The molecule has 0 unspecified atom stereocenters. The lowest BCUT2D eigenvalue weighted by molar-refractivity contribution is 1.52. The lowest BCUT2D eigenvalue weighted by Gasteiger charge is -2.07. The number of hydrogen-bond acceptors (Lipinski definition) is 1. The zero-order chi connectivity index (χ0) is 9.80. The largest absolute Gasteiger partial charge is 0.355 e. The number of halogens is 1. The molecule has 0 aliphatic heterocycles. The van der Waals surface area contributed by atoms with Crippen LogP contribution in [-0.4, -0.2) is 0 Å². The van der Waals surface area contributed by atoms with Crippen LogP contribution in [0.3, 0.4) is 0 Å². The molecule has 0 saturated carbocycles. The first-order valence-electron chi connectivity index (χ1n) is 4.34. The minimum atomic E-state index is 1.06.